The van der Waals surface area contributed by atoms with E-state index in [0.717, 1.165) is 25.7 Å². The molecule has 1 N–H and O–H groups in total. The van der Waals surface area contributed by atoms with E-state index in [1.54, 1.807) is 13.2 Å². The number of pyridine rings is 1. The van der Waals surface area contributed by atoms with Crippen LogP contribution in [0.5, 0.6) is 5.88 Å². The van der Waals surface area contributed by atoms with Crippen molar-refractivity contribution in [2.45, 2.75) is 45.4 Å². The van der Waals surface area contributed by atoms with Gasteiger partial charge in [0.05, 0.1) is 13.3 Å². The zero-order valence-electron chi connectivity index (χ0n) is 13.2. The van der Waals surface area contributed by atoms with Gasteiger partial charge in [0, 0.05) is 12.7 Å². The average Bonchev–Trinajstić information content (AvgIpc) is 2.47. The van der Waals surface area contributed by atoms with Crippen molar-refractivity contribution in [3.8, 4) is 5.88 Å². The molecular weight excluding hydrogens is 269 g/mol. The smallest absolute Gasteiger partial charge is 0.213 e. The van der Waals surface area contributed by atoms with E-state index >= 15 is 0 Å². The number of hydrogen-bond acceptors (Lipinski definition) is 3. The Balaban J connectivity index is 2.17. The Morgan fingerprint density at radius 3 is 2.76 bits per heavy atom. The molecule has 0 radical (unpaired) electrons. The lowest BCUT2D eigenvalue weighted by Gasteiger charge is -2.36. The number of hydrogen-bond donors (Lipinski definition) is 1. The minimum atomic E-state index is -0.244. The van der Waals surface area contributed by atoms with Crippen LogP contribution >= 0.6 is 0 Å². The standard InChI is InChI=1S/C17H26FNO2/c1-11(2)6-14-7-12(4-5-13(14)10-20)15-8-17(21-3)19-9-16(15)18/h8-9,11-14,20H,4-7,10H2,1-3H3. The first-order valence-corrected chi connectivity index (χ1v) is 7.85. The van der Waals surface area contributed by atoms with E-state index < -0.39 is 0 Å². The molecule has 3 atom stereocenters. The van der Waals surface area contributed by atoms with Crippen molar-refractivity contribution in [2.24, 2.45) is 17.8 Å². The maximum absolute atomic E-state index is 14.1. The van der Waals surface area contributed by atoms with Crippen LogP contribution in [-0.4, -0.2) is 23.8 Å². The summed E-state index contributed by atoms with van der Waals surface area (Å²) in [5.41, 5.74) is 0.715. The van der Waals surface area contributed by atoms with E-state index in [1.807, 2.05) is 0 Å². The van der Waals surface area contributed by atoms with Crippen molar-refractivity contribution in [2.75, 3.05) is 13.7 Å². The Morgan fingerprint density at radius 2 is 2.14 bits per heavy atom. The van der Waals surface area contributed by atoms with E-state index in [-0.39, 0.29) is 18.3 Å². The summed E-state index contributed by atoms with van der Waals surface area (Å²) in [5, 5.41) is 9.56. The molecular formula is C17H26FNO2. The molecule has 2 rings (SSSR count). The van der Waals surface area contributed by atoms with Gasteiger partial charge in [-0.3, -0.25) is 0 Å². The first-order chi connectivity index (χ1) is 10.0. The van der Waals surface area contributed by atoms with Gasteiger partial charge < -0.3 is 9.84 Å². The minimum absolute atomic E-state index is 0.202. The predicted molar refractivity (Wildman–Crippen MR) is 80.9 cm³/mol. The monoisotopic (exact) mass is 295 g/mol. The van der Waals surface area contributed by atoms with E-state index in [1.165, 1.54) is 6.20 Å². The maximum atomic E-state index is 14.1. The van der Waals surface area contributed by atoms with Gasteiger partial charge in [-0.05, 0) is 54.9 Å². The average molecular weight is 295 g/mol. The van der Waals surface area contributed by atoms with Crippen LogP contribution in [0.25, 0.3) is 0 Å². The Morgan fingerprint density at radius 1 is 1.38 bits per heavy atom. The topological polar surface area (TPSA) is 42.4 Å². The molecule has 118 valence electrons. The summed E-state index contributed by atoms with van der Waals surface area (Å²) in [4.78, 5) is 3.91. The zero-order chi connectivity index (χ0) is 15.4. The molecule has 0 aliphatic heterocycles. The summed E-state index contributed by atoms with van der Waals surface area (Å²) < 4.78 is 19.2. The summed E-state index contributed by atoms with van der Waals surface area (Å²) in [6.45, 7) is 4.65. The van der Waals surface area contributed by atoms with Crippen LogP contribution in [-0.2, 0) is 0 Å². The fraction of sp³-hybridized carbons (Fsp3) is 0.706. The molecule has 1 aromatic heterocycles. The molecule has 0 bridgehead atoms. The second-order valence-electron chi connectivity index (χ2n) is 6.59. The molecule has 0 spiro atoms. The molecule has 1 aliphatic carbocycles. The van der Waals surface area contributed by atoms with Crippen molar-refractivity contribution in [3.05, 3.63) is 23.6 Å². The SMILES string of the molecule is COc1cc(C2CCC(CO)C(CC(C)C)C2)c(F)cn1. The Bertz CT molecular complexity index is 464. The van der Waals surface area contributed by atoms with Gasteiger partial charge in [-0.2, -0.15) is 0 Å². The van der Waals surface area contributed by atoms with Crippen molar-refractivity contribution in [3.63, 3.8) is 0 Å². The third-order valence-electron chi connectivity index (χ3n) is 4.66. The highest BCUT2D eigenvalue weighted by Gasteiger charge is 2.32. The second kappa shape index (κ2) is 7.21. The van der Waals surface area contributed by atoms with Gasteiger partial charge in [-0.25, -0.2) is 9.37 Å². The van der Waals surface area contributed by atoms with Gasteiger partial charge in [0.15, 0.2) is 0 Å². The molecule has 0 aromatic carbocycles. The first kappa shape index (κ1) is 16.2. The summed E-state index contributed by atoms with van der Waals surface area (Å²) >= 11 is 0. The van der Waals surface area contributed by atoms with Crippen molar-refractivity contribution >= 4 is 0 Å². The second-order valence-corrected chi connectivity index (χ2v) is 6.59. The van der Waals surface area contributed by atoms with E-state index in [9.17, 15) is 9.50 Å². The van der Waals surface area contributed by atoms with Crippen LogP contribution in [0.15, 0.2) is 12.3 Å². The Hall–Kier alpha value is -1.16. The van der Waals surface area contributed by atoms with Crippen molar-refractivity contribution in [1.82, 2.24) is 4.98 Å². The quantitative estimate of drug-likeness (QED) is 0.899. The number of rotatable bonds is 5. The fourth-order valence-electron chi connectivity index (χ4n) is 3.60. The summed E-state index contributed by atoms with van der Waals surface area (Å²) in [7, 11) is 1.55. The van der Waals surface area contributed by atoms with Gasteiger partial charge in [0.2, 0.25) is 5.88 Å². The van der Waals surface area contributed by atoms with Gasteiger partial charge in [0.1, 0.15) is 5.82 Å². The number of nitrogens with zero attached hydrogens (tertiary/aromatic N) is 1. The molecule has 3 unspecified atom stereocenters. The molecule has 1 aromatic rings. The lowest BCUT2D eigenvalue weighted by molar-refractivity contribution is 0.110. The van der Waals surface area contributed by atoms with E-state index in [2.05, 4.69) is 18.8 Å². The normalized spacial score (nSPS) is 26.1. The highest BCUT2D eigenvalue weighted by Crippen LogP contribution is 2.43. The van der Waals surface area contributed by atoms with Gasteiger partial charge in [0.25, 0.3) is 0 Å². The van der Waals surface area contributed by atoms with Crippen molar-refractivity contribution < 1.29 is 14.2 Å². The van der Waals surface area contributed by atoms with E-state index in [0.29, 0.717) is 29.2 Å². The van der Waals surface area contributed by atoms with Crippen LogP contribution < -0.4 is 4.74 Å². The van der Waals surface area contributed by atoms with E-state index in [4.69, 9.17) is 4.74 Å². The number of ether oxygens (including phenoxy) is 1. The molecule has 3 nitrogen and oxygen atoms in total. The molecule has 0 amide bonds. The van der Waals surface area contributed by atoms with Crippen molar-refractivity contribution in [1.29, 1.82) is 0 Å². The number of halogens is 1. The highest BCUT2D eigenvalue weighted by molar-refractivity contribution is 5.26. The molecule has 1 heterocycles. The lowest BCUT2D eigenvalue weighted by Crippen LogP contribution is -2.28. The summed E-state index contributed by atoms with van der Waals surface area (Å²) in [5.74, 6) is 1.85. The highest BCUT2D eigenvalue weighted by atomic mass is 19.1. The van der Waals surface area contributed by atoms with Crippen LogP contribution in [0.1, 0.15) is 51.0 Å². The third kappa shape index (κ3) is 3.94. The molecule has 4 heteroatoms. The van der Waals surface area contributed by atoms with Crippen LogP contribution in [0.3, 0.4) is 0 Å². The lowest BCUT2D eigenvalue weighted by atomic mass is 9.69. The third-order valence-corrected chi connectivity index (χ3v) is 4.66. The number of aliphatic hydroxyl groups is 1. The summed E-state index contributed by atoms with van der Waals surface area (Å²) in [6.07, 6.45) is 5.16. The summed E-state index contributed by atoms with van der Waals surface area (Å²) in [6, 6.07) is 1.73. The number of methoxy groups -OCH3 is 1. The van der Waals surface area contributed by atoms with Crippen LogP contribution in [0.2, 0.25) is 0 Å². The minimum Gasteiger partial charge on any atom is -0.481 e. The predicted octanol–water partition coefficient (Wildman–Crippen LogP) is 3.77. The number of aliphatic hydroxyl groups excluding tert-OH is 1. The molecule has 1 saturated carbocycles. The molecule has 1 fully saturated rings. The van der Waals surface area contributed by atoms with Gasteiger partial charge in [-0.15, -0.1) is 0 Å². The first-order valence-electron chi connectivity index (χ1n) is 7.85. The largest absolute Gasteiger partial charge is 0.481 e. The Labute approximate surface area is 126 Å². The fourth-order valence-corrected chi connectivity index (χ4v) is 3.60. The Kier molecular flexibility index (Phi) is 5.57. The molecule has 21 heavy (non-hydrogen) atoms. The van der Waals surface area contributed by atoms with Gasteiger partial charge >= 0.3 is 0 Å². The van der Waals surface area contributed by atoms with Crippen LogP contribution in [0.4, 0.5) is 4.39 Å². The molecule has 0 saturated heterocycles. The van der Waals surface area contributed by atoms with Gasteiger partial charge in [-0.1, -0.05) is 13.8 Å². The molecule has 1 aliphatic rings. The zero-order valence-corrected chi connectivity index (χ0v) is 13.2. The van der Waals surface area contributed by atoms with Crippen LogP contribution in [0, 0.1) is 23.6 Å². The maximum Gasteiger partial charge on any atom is 0.213 e. The number of aromatic nitrogens is 1.